The van der Waals surface area contributed by atoms with E-state index in [0.29, 0.717) is 34.3 Å². The highest BCUT2D eigenvalue weighted by Crippen LogP contribution is 2.27. The molecule has 0 radical (unpaired) electrons. The van der Waals surface area contributed by atoms with Crippen LogP contribution in [0.15, 0.2) is 61.2 Å². The van der Waals surface area contributed by atoms with Crippen molar-refractivity contribution in [2.75, 3.05) is 0 Å². The van der Waals surface area contributed by atoms with E-state index in [1.807, 2.05) is 31.2 Å². The van der Waals surface area contributed by atoms with Crippen molar-refractivity contribution in [3.63, 3.8) is 0 Å². The lowest BCUT2D eigenvalue weighted by Crippen LogP contribution is -1.84. The van der Waals surface area contributed by atoms with Crippen molar-refractivity contribution in [3.05, 3.63) is 54.0 Å². The first-order chi connectivity index (χ1) is 11.8. The summed E-state index contributed by atoms with van der Waals surface area (Å²) in [6.07, 6.45) is 1.56. The highest BCUT2D eigenvalue weighted by atomic mass is 32.2. The predicted molar refractivity (Wildman–Crippen MR) is 86.0 cm³/mol. The van der Waals surface area contributed by atoms with E-state index in [1.165, 1.54) is 11.8 Å². The van der Waals surface area contributed by atoms with Crippen LogP contribution in [0.4, 0.5) is 0 Å². The quantitative estimate of drug-likeness (QED) is 0.504. The maximum absolute atomic E-state index is 5.69. The summed E-state index contributed by atoms with van der Waals surface area (Å²) < 4.78 is 16.1. The zero-order valence-electron chi connectivity index (χ0n) is 12.7. The van der Waals surface area contributed by atoms with Gasteiger partial charge in [-0.05, 0) is 30.7 Å². The molecule has 0 aliphatic heterocycles. The SMILES string of the molecule is Cc1ccccc1-c1nnc(SCc2noc(-c3ccco3)n2)o1. The van der Waals surface area contributed by atoms with Crippen LogP contribution in [0, 0.1) is 6.92 Å². The largest absolute Gasteiger partial charge is 0.459 e. The van der Waals surface area contributed by atoms with Gasteiger partial charge in [0.25, 0.3) is 11.1 Å². The Morgan fingerprint density at radius 2 is 1.96 bits per heavy atom. The average molecular weight is 340 g/mol. The number of hydrogen-bond donors (Lipinski definition) is 0. The van der Waals surface area contributed by atoms with Crippen molar-refractivity contribution in [2.45, 2.75) is 17.9 Å². The molecule has 0 saturated heterocycles. The summed E-state index contributed by atoms with van der Waals surface area (Å²) in [5, 5.41) is 12.5. The van der Waals surface area contributed by atoms with Crippen molar-refractivity contribution in [1.29, 1.82) is 0 Å². The van der Waals surface area contributed by atoms with Gasteiger partial charge in [-0.15, -0.1) is 10.2 Å². The van der Waals surface area contributed by atoms with Gasteiger partial charge < -0.3 is 13.4 Å². The molecule has 0 unspecified atom stereocenters. The molecule has 0 saturated carbocycles. The summed E-state index contributed by atoms with van der Waals surface area (Å²) in [5.74, 6) is 2.38. The second-order valence-electron chi connectivity index (χ2n) is 4.97. The van der Waals surface area contributed by atoms with Gasteiger partial charge in [-0.1, -0.05) is 35.1 Å². The summed E-state index contributed by atoms with van der Waals surface area (Å²) >= 11 is 1.35. The van der Waals surface area contributed by atoms with Crippen LogP contribution in [-0.4, -0.2) is 20.3 Å². The van der Waals surface area contributed by atoms with E-state index in [9.17, 15) is 0 Å². The molecule has 120 valence electrons. The number of benzene rings is 1. The van der Waals surface area contributed by atoms with Gasteiger partial charge in [0.15, 0.2) is 11.6 Å². The molecule has 4 rings (SSSR count). The first kappa shape index (κ1) is 14.7. The summed E-state index contributed by atoms with van der Waals surface area (Å²) in [6, 6.07) is 11.4. The maximum atomic E-state index is 5.69. The number of nitrogens with zero attached hydrogens (tertiary/aromatic N) is 4. The van der Waals surface area contributed by atoms with Gasteiger partial charge in [-0.2, -0.15) is 4.98 Å². The van der Waals surface area contributed by atoms with Crippen molar-refractivity contribution >= 4 is 11.8 Å². The average Bonchev–Trinajstić information content (AvgIpc) is 3.34. The van der Waals surface area contributed by atoms with E-state index in [2.05, 4.69) is 20.3 Å². The summed E-state index contributed by atoms with van der Waals surface area (Å²) in [6.45, 7) is 2.00. The van der Waals surface area contributed by atoms with Gasteiger partial charge >= 0.3 is 0 Å². The smallest absolute Gasteiger partial charge is 0.293 e. The zero-order valence-corrected chi connectivity index (χ0v) is 13.5. The summed E-state index contributed by atoms with van der Waals surface area (Å²) in [7, 11) is 0. The van der Waals surface area contributed by atoms with Crippen molar-refractivity contribution in [3.8, 4) is 23.1 Å². The van der Waals surface area contributed by atoms with Gasteiger partial charge in [0.1, 0.15) is 0 Å². The fraction of sp³-hybridized carbons (Fsp3) is 0.125. The van der Waals surface area contributed by atoms with E-state index in [1.54, 1.807) is 18.4 Å². The number of rotatable bonds is 5. The Morgan fingerprint density at radius 3 is 2.79 bits per heavy atom. The first-order valence-corrected chi connectivity index (χ1v) is 8.17. The zero-order chi connectivity index (χ0) is 16.4. The van der Waals surface area contributed by atoms with Gasteiger partial charge in [0.05, 0.1) is 12.0 Å². The van der Waals surface area contributed by atoms with E-state index in [4.69, 9.17) is 13.4 Å². The first-order valence-electron chi connectivity index (χ1n) is 7.18. The van der Waals surface area contributed by atoms with Gasteiger partial charge in [0.2, 0.25) is 5.89 Å². The highest BCUT2D eigenvalue weighted by molar-refractivity contribution is 7.98. The Bertz CT molecular complexity index is 946. The lowest BCUT2D eigenvalue weighted by atomic mass is 10.1. The molecule has 0 aliphatic carbocycles. The number of aryl methyl sites for hydroxylation is 1. The highest BCUT2D eigenvalue weighted by Gasteiger charge is 2.14. The van der Waals surface area contributed by atoms with Gasteiger partial charge in [0, 0.05) is 5.56 Å². The molecule has 3 aromatic heterocycles. The molecule has 0 aliphatic rings. The molecule has 24 heavy (non-hydrogen) atoms. The van der Waals surface area contributed by atoms with Crippen LogP contribution >= 0.6 is 11.8 Å². The topological polar surface area (TPSA) is 91.0 Å². The fourth-order valence-corrected chi connectivity index (χ4v) is 2.74. The van der Waals surface area contributed by atoms with Gasteiger partial charge in [-0.3, -0.25) is 0 Å². The van der Waals surface area contributed by atoms with Crippen LogP contribution < -0.4 is 0 Å². The molecule has 0 amide bonds. The fourth-order valence-electron chi connectivity index (χ4n) is 2.13. The number of hydrogen-bond acceptors (Lipinski definition) is 8. The Hall–Kier alpha value is -2.87. The molecule has 0 fully saturated rings. The third kappa shape index (κ3) is 2.95. The third-order valence-electron chi connectivity index (χ3n) is 3.31. The summed E-state index contributed by atoms with van der Waals surface area (Å²) in [4.78, 5) is 4.26. The molecule has 0 spiro atoms. The van der Waals surface area contributed by atoms with Crippen molar-refractivity contribution in [2.24, 2.45) is 0 Å². The molecule has 0 atom stereocenters. The minimum absolute atomic E-state index is 0.349. The molecule has 7 nitrogen and oxygen atoms in total. The van der Waals surface area contributed by atoms with E-state index >= 15 is 0 Å². The minimum atomic E-state index is 0.349. The van der Waals surface area contributed by atoms with Crippen LogP contribution in [0.25, 0.3) is 23.1 Å². The third-order valence-corrected chi connectivity index (χ3v) is 4.12. The molecule has 0 N–H and O–H groups in total. The number of thioether (sulfide) groups is 1. The molecule has 1 aromatic carbocycles. The van der Waals surface area contributed by atoms with E-state index in [-0.39, 0.29) is 0 Å². The van der Waals surface area contributed by atoms with Crippen molar-refractivity contribution in [1.82, 2.24) is 20.3 Å². The second kappa shape index (κ2) is 6.32. The Balaban J connectivity index is 1.45. The van der Waals surface area contributed by atoms with Gasteiger partial charge in [-0.25, -0.2) is 0 Å². The molecular weight excluding hydrogens is 328 g/mol. The Labute approximate surface area is 141 Å². The number of aromatic nitrogens is 4. The Morgan fingerprint density at radius 1 is 1.04 bits per heavy atom. The van der Waals surface area contributed by atoms with Crippen LogP contribution in [0.5, 0.6) is 0 Å². The maximum Gasteiger partial charge on any atom is 0.293 e. The van der Waals surface area contributed by atoms with Crippen LogP contribution in [0.2, 0.25) is 0 Å². The molecule has 4 aromatic rings. The summed E-state index contributed by atoms with van der Waals surface area (Å²) in [5.41, 5.74) is 2.01. The molecular formula is C16H12N4O3S. The molecule has 8 heteroatoms. The lowest BCUT2D eigenvalue weighted by Gasteiger charge is -1.98. The predicted octanol–water partition coefficient (Wildman–Crippen LogP) is 3.98. The minimum Gasteiger partial charge on any atom is -0.459 e. The standard InChI is InChI=1S/C16H12N4O3S/c1-10-5-2-3-6-11(10)14-18-19-16(22-14)24-9-13-17-15(23-20-13)12-7-4-8-21-12/h2-8H,9H2,1H3. The molecule has 0 bridgehead atoms. The normalized spacial score (nSPS) is 11.0. The second-order valence-corrected chi connectivity index (χ2v) is 5.90. The molecule has 3 heterocycles. The van der Waals surface area contributed by atoms with Crippen LogP contribution in [0.1, 0.15) is 11.4 Å². The Kier molecular flexibility index (Phi) is 3.87. The van der Waals surface area contributed by atoms with E-state index < -0.39 is 0 Å². The lowest BCUT2D eigenvalue weighted by molar-refractivity contribution is 0.411. The monoisotopic (exact) mass is 340 g/mol. The number of furan rings is 1. The van der Waals surface area contributed by atoms with Crippen LogP contribution in [-0.2, 0) is 5.75 Å². The van der Waals surface area contributed by atoms with E-state index in [0.717, 1.165) is 11.1 Å². The van der Waals surface area contributed by atoms with Crippen molar-refractivity contribution < 1.29 is 13.4 Å². The van der Waals surface area contributed by atoms with Crippen LogP contribution in [0.3, 0.4) is 0 Å².